The standard InChI is InChI=1S/C22H28NO3.CH4O4S/c1-16(24)14-21-15-17(2)25-22(26-21)20-8-6-18(7-9-20)4-5-19-10-12-23(3)13-11-19;1-6(3,4)5-2/h4-13,16-17,21-22,24H,14-15H2,1-3H3;2H,1H3/q+1;/b5-4+;. The highest BCUT2D eigenvalue weighted by atomic mass is 32.2. The minimum atomic E-state index is -3.61. The topological polar surface area (TPSA) is 106 Å². The number of rotatable bonds is 6. The van der Waals surface area contributed by atoms with Gasteiger partial charge in [-0.15, -0.1) is 4.33 Å². The maximum absolute atomic E-state index is 9.62. The van der Waals surface area contributed by atoms with Gasteiger partial charge in [0.15, 0.2) is 18.7 Å². The lowest BCUT2D eigenvalue weighted by Crippen LogP contribution is -2.34. The van der Waals surface area contributed by atoms with Crippen molar-refractivity contribution in [2.24, 2.45) is 7.05 Å². The molecular weight excluding hydrogens is 434 g/mol. The Hall–Kier alpha value is -2.14. The molecule has 4 atom stereocenters. The summed E-state index contributed by atoms with van der Waals surface area (Å²) >= 11 is 0. The summed E-state index contributed by atoms with van der Waals surface area (Å²) in [4.78, 5) is 0. The molecular formula is C23H32NO7S+. The van der Waals surface area contributed by atoms with Crippen LogP contribution >= 0.6 is 0 Å². The fourth-order valence-corrected chi connectivity index (χ4v) is 3.17. The molecule has 2 aromatic rings. The lowest BCUT2D eigenvalue weighted by Gasteiger charge is -2.35. The van der Waals surface area contributed by atoms with E-state index >= 15 is 0 Å². The highest BCUT2D eigenvalue weighted by Gasteiger charge is 2.29. The second-order valence-electron chi connectivity index (χ2n) is 7.93. The molecule has 2 heterocycles. The second-order valence-corrected chi connectivity index (χ2v) is 9.49. The molecule has 1 fully saturated rings. The zero-order valence-electron chi connectivity index (χ0n) is 18.8. The van der Waals surface area contributed by atoms with Crippen molar-refractivity contribution in [2.75, 3.05) is 6.26 Å². The molecule has 9 heteroatoms. The van der Waals surface area contributed by atoms with Crippen molar-refractivity contribution < 1.29 is 37.2 Å². The third-order valence-corrected chi connectivity index (χ3v) is 4.96. The van der Waals surface area contributed by atoms with E-state index in [4.69, 9.17) is 14.7 Å². The Bertz CT molecular complexity index is 955. The molecule has 1 aliphatic heterocycles. The Morgan fingerprint density at radius 2 is 1.66 bits per heavy atom. The Kier molecular flexibility index (Phi) is 9.95. The molecule has 1 aromatic carbocycles. The quantitative estimate of drug-likeness (QED) is 0.383. The predicted molar refractivity (Wildman–Crippen MR) is 121 cm³/mol. The molecule has 1 aromatic heterocycles. The van der Waals surface area contributed by atoms with Crippen LogP contribution in [0.15, 0.2) is 48.8 Å². The summed E-state index contributed by atoms with van der Waals surface area (Å²) in [5, 5.41) is 16.9. The van der Waals surface area contributed by atoms with Crippen molar-refractivity contribution in [1.82, 2.24) is 0 Å². The minimum absolute atomic E-state index is 0.0303. The number of aliphatic hydroxyl groups excluding tert-OH is 1. The van der Waals surface area contributed by atoms with Gasteiger partial charge in [-0.05, 0) is 37.8 Å². The number of nitrogens with zero attached hydrogens (tertiary/aromatic N) is 1. The van der Waals surface area contributed by atoms with Crippen LogP contribution in [-0.4, -0.2) is 43.3 Å². The number of ether oxygens (including phenoxy) is 2. The first-order chi connectivity index (χ1) is 15.1. The van der Waals surface area contributed by atoms with Gasteiger partial charge in [0.05, 0.1) is 24.6 Å². The van der Waals surface area contributed by atoms with Gasteiger partial charge in [-0.1, -0.05) is 36.4 Å². The molecule has 1 aliphatic rings. The average Bonchev–Trinajstić information content (AvgIpc) is 2.73. The van der Waals surface area contributed by atoms with E-state index in [1.807, 2.05) is 36.1 Å². The van der Waals surface area contributed by atoms with Gasteiger partial charge in [-0.3, -0.25) is 0 Å². The highest BCUT2D eigenvalue weighted by Crippen LogP contribution is 2.31. The van der Waals surface area contributed by atoms with E-state index in [1.165, 1.54) is 5.56 Å². The largest absolute Gasteiger partial charge is 0.393 e. The Morgan fingerprint density at radius 3 is 2.16 bits per heavy atom. The first-order valence-electron chi connectivity index (χ1n) is 10.3. The molecule has 3 rings (SSSR count). The minimum Gasteiger partial charge on any atom is -0.393 e. The van der Waals surface area contributed by atoms with E-state index in [0.717, 1.165) is 23.8 Å². The Balaban J connectivity index is 0.000000534. The van der Waals surface area contributed by atoms with Crippen LogP contribution in [0.1, 0.15) is 49.7 Å². The fourth-order valence-electron chi connectivity index (χ4n) is 3.17. The number of hydrogen-bond donors (Lipinski definition) is 2. The maximum Gasteiger partial charge on any atom is 0.290 e. The van der Waals surface area contributed by atoms with Gasteiger partial charge in [-0.2, -0.15) is 8.42 Å². The Labute approximate surface area is 189 Å². The summed E-state index contributed by atoms with van der Waals surface area (Å²) in [6, 6.07) is 12.4. The van der Waals surface area contributed by atoms with E-state index in [2.05, 4.69) is 47.7 Å². The third kappa shape index (κ3) is 9.56. The summed E-state index contributed by atoms with van der Waals surface area (Å²) in [6.07, 6.45) is 9.89. The van der Waals surface area contributed by atoms with Crippen LogP contribution in [0, 0.1) is 0 Å². The van der Waals surface area contributed by atoms with Crippen molar-refractivity contribution in [3.8, 4) is 0 Å². The van der Waals surface area contributed by atoms with Crippen molar-refractivity contribution in [1.29, 1.82) is 0 Å². The molecule has 0 spiro atoms. The van der Waals surface area contributed by atoms with Crippen LogP contribution in [0.25, 0.3) is 12.2 Å². The molecule has 32 heavy (non-hydrogen) atoms. The van der Waals surface area contributed by atoms with Gasteiger partial charge < -0.3 is 14.6 Å². The van der Waals surface area contributed by atoms with Crippen LogP contribution in [0.3, 0.4) is 0 Å². The van der Waals surface area contributed by atoms with E-state index < -0.39 is 10.1 Å². The van der Waals surface area contributed by atoms with Crippen LogP contribution in [-0.2, 0) is 31.0 Å². The summed E-state index contributed by atoms with van der Waals surface area (Å²) in [6.45, 7) is 3.86. The van der Waals surface area contributed by atoms with Crippen LogP contribution in [0.4, 0.5) is 0 Å². The average molecular weight is 467 g/mol. The number of hydrogen-bond acceptors (Lipinski definition) is 7. The Morgan fingerprint density at radius 1 is 1.12 bits per heavy atom. The van der Waals surface area contributed by atoms with E-state index in [0.29, 0.717) is 6.42 Å². The zero-order chi connectivity index (χ0) is 23.7. The molecule has 0 aliphatic carbocycles. The lowest BCUT2D eigenvalue weighted by atomic mass is 10.0. The van der Waals surface area contributed by atoms with Gasteiger partial charge in [0.1, 0.15) is 7.05 Å². The number of pyridine rings is 1. The van der Waals surface area contributed by atoms with Crippen LogP contribution < -0.4 is 4.57 Å². The smallest absolute Gasteiger partial charge is 0.290 e. The van der Waals surface area contributed by atoms with Gasteiger partial charge >= 0.3 is 0 Å². The van der Waals surface area contributed by atoms with Crippen molar-refractivity contribution >= 4 is 22.3 Å². The molecule has 0 amide bonds. The van der Waals surface area contributed by atoms with Crippen molar-refractivity contribution in [3.05, 3.63) is 65.5 Å². The summed E-state index contributed by atoms with van der Waals surface area (Å²) in [7, 11) is -1.60. The first-order valence-corrected chi connectivity index (χ1v) is 12.1. The SMILES string of the molecule is CC(O)CC1CC(C)OC(c2ccc(/C=C/c3cc[n+](C)cc3)cc2)O1.CS(=O)(=O)OO. The number of aromatic nitrogens is 1. The third-order valence-electron chi connectivity index (χ3n) is 4.69. The lowest BCUT2D eigenvalue weighted by molar-refractivity contribution is -0.671. The fraction of sp³-hybridized carbons (Fsp3) is 0.435. The highest BCUT2D eigenvalue weighted by molar-refractivity contribution is 7.85. The summed E-state index contributed by atoms with van der Waals surface area (Å²) < 4.78 is 36.0. The molecule has 176 valence electrons. The summed E-state index contributed by atoms with van der Waals surface area (Å²) in [5.74, 6) is 0. The van der Waals surface area contributed by atoms with Gasteiger partial charge in [0, 0.05) is 17.7 Å². The maximum atomic E-state index is 9.62. The number of aryl methyl sites for hydroxylation is 1. The first kappa shape index (κ1) is 26.1. The van der Waals surface area contributed by atoms with E-state index in [1.54, 1.807) is 6.92 Å². The molecule has 0 bridgehead atoms. The number of benzene rings is 1. The molecule has 0 saturated carbocycles. The van der Waals surface area contributed by atoms with Gasteiger partial charge in [0.2, 0.25) is 0 Å². The molecule has 4 unspecified atom stereocenters. The number of aliphatic hydroxyl groups is 1. The molecule has 8 nitrogen and oxygen atoms in total. The zero-order valence-corrected chi connectivity index (χ0v) is 19.6. The monoisotopic (exact) mass is 466 g/mol. The normalized spacial score (nSPS) is 22.2. The molecule has 2 N–H and O–H groups in total. The van der Waals surface area contributed by atoms with Crippen LogP contribution in [0.2, 0.25) is 0 Å². The molecule has 1 saturated heterocycles. The second kappa shape index (κ2) is 12.2. The predicted octanol–water partition coefficient (Wildman–Crippen LogP) is 3.08. The van der Waals surface area contributed by atoms with E-state index in [-0.39, 0.29) is 24.6 Å². The van der Waals surface area contributed by atoms with E-state index in [9.17, 15) is 13.5 Å². The summed E-state index contributed by atoms with van der Waals surface area (Å²) in [5.41, 5.74) is 3.31. The van der Waals surface area contributed by atoms with Gasteiger partial charge in [-0.25, -0.2) is 9.82 Å². The van der Waals surface area contributed by atoms with Crippen molar-refractivity contribution in [3.63, 3.8) is 0 Å². The molecule has 0 radical (unpaired) electrons. The van der Waals surface area contributed by atoms with Crippen LogP contribution in [0.5, 0.6) is 0 Å². The van der Waals surface area contributed by atoms with Crippen molar-refractivity contribution in [2.45, 2.75) is 51.3 Å². The van der Waals surface area contributed by atoms with Gasteiger partial charge in [0.25, 0.3) is 10.1 Å².